The first-order valence-corrected chi connectivity index (χ1v) is 8.91. The summed E-state index contributed by atoms with van der Waals surface area (Å²) in [6.07, 6.45) is 0. The van der Waals surface area contributed by atoms with Gasteiger partial charge in [0, 0.05) is 18.8 Å². The molecule has 0 spiro atoms. The number of hydrogen-bond acceptors (Lipinski definition) is 4. The van der Waals surface area contributed by atoms with Gasteiger partial charge in [0.2, 0.25) is 0 Å². The molecule has 0 aliphatic rings. The van der Waals surface area contributed by atoms with Crippen LogP contribution in [0, 0.1) is 0 Å². The zero-order chi connectivity index (χ0) is 18.9. The van der Waals surface area contributed by atoms with Crippen molar-refractivity contribution in [2.75, 3.05) is 24.6 Å². The van der Waals surface area contributed by atoms with E-state index in [0.717, 1.165) is 24.3 Å². The largest absolute Gasteiger partial charge is 0.452 e. The summed E-state index contributed by atoms with van der Waals surface area (Å²) in [5, 5.41) is 2.82. The lowest BCUT2D eigenvalue weighted by Crippen LogP contribution is -2.31. The molecule has 5 heteroatoms. The van der Waals surface area contributed by atoms with Gasteiger partial charge in [-0.25, -0.2) is 4.79 Å². The molecule has 0 aliphatic heterocycles. The summed E-state index contributed by atoms with van der Waals surface area (Å²) in [5.74, 6) is -0.826. The van der Waals surface area contributed by atoms with Crippen LogP contribution in [0.2, 0.25) is 0 Å². The van der Waals surface area contributed by atoms with E-state index in [9.17, 15) is 9.59 Å². The molecule has 1 amide bonds. The monoisotopic (exact) mass is 354 g/mol. The summed E-state index contributed by atoms with van der Waals surface area (Å²) in [6.45, 7) is 7.57. The molecule has 0 saturated heterocycles. The van der Waals surface area contributed by atoms with E-state index in [1.54, 1.807) is 12.1 Å². The smallest absolute Gasteiger partial charge is 0.338 e. The van der Waals surface area contributed by atoms with E-state index in [4.69, 9.17) is 4.74 Å². The molecular formula is C21H26N2O3. The number of amides is 1. The average Bonchev–Trinajstić information content (AvgIpc) is 2.68. The van der Waals surface area contributed by atoms with Crippen molar-refractivity contribution in [3.63, 3.8) is 0 Å². The van der Waals surface area contributed by atoms with Gasteiger partial charge in [-0.3, -0.25) is 4.79 Å². The van der Waals surface area contributed by atoms with E-state index in [1.165, 1.54) is 0 Å². The maximum atomic E-state index is 12.1. The lowest BCUT2D eigenvalue weighted by Gasteiger charge is -2.21. The topological polar surface area (TPSA) is 58.6 Å². The van der Waals surface area contributed by atoms with E-state index in [-0.39, 0.29) is 18.6 Å². The quantitative estimate of drug-likeness (QED) is 0.736. The van der Waals surface area contributed by atoms with Gasteiger partial charge in [0.05, 0.1) is 11.6 Å². The molecule has 0 aliphatic carbocycles. The van der Waals surface area contributed by atoms with Gasteiger partial charge < -0.3 is 15.0 Å². The third kappa shape index (κ3) is 5.34. The Balaban J connectivity index is 1.85. The van der Waals surface area contributed by atoms with Gasteiger partial charge in [0.25, 0.3) is 5.91 Å². The first-order chi connectivity index (χ1) is 12.5. The summed E-state index contributed by atoms with van der Waals surface area (Å²) >= 11 is 0. The van der Waals surface area contributed by atoms with Gasteiger partial charge in [0.1, 0.15) is 0 Å². The van der Waals surface area contributed by atoms with Crippen molar-refractivity contribution >= 4 is 17.6 Å². The van der Waals surface area contributed by atoms with Gasteiger partial charge in [0.15, 0.2) is 6.61 Å². The molecule has 1 N–H and O–H groups in total. The van der Waals surface area contributed by atoms with Gasteiger partial charge in [-0.05, 0) is 50.6 Å². The Morgan fingerprint density at radius 3 is 2.19 bits per heavy atom. The molecule has 0 bridgehead atoms. The van der Waals surface area contributed by atoms with Gasteiger partial charge in [-0.2, -0.15) is 0 Å². The summed E-state index contributed by atoms with van der Waals surface area (Å²) in [6, 6.07) is 16.7. The SMILES string of the molecule is CCN(CC)c1ccc(C(=O)OCC(=O)N[C@@H](C)c2ccccc2)cc1. The first kappa shape index (κ1) is 19.5. The molecule has 0 unspecified atom stereocenters. The second-order valence-corrected chi connectivity index (χ2v) is 6.00. The lowest BCUT2D eigenvalue weighted by molar-refractivity contribution is -0.124. The molecule has 2 rings (SSSR count). The van der Waals surface area contributed by atoms with Crippen LogP contribution in [0.25, 0.3) is 0 Å². The summed E-state index contributed by atoms with van der Waals surface area (Å²) < 4.78 is 5.12. The number of nitrogens with zero attached hydrogens (tertiary/aromatic N) is 1. The minimum absolute atomic E-state index is 0.143. The first-order valence-electron chi connectivity index (χ1n) is 8.91. The van der Waals surface area contributed by atoms with E-state index < -0.39 is 5.97 Å². The highest BCUT2D eigenvalue weighted by atomic mass is 16.5. The Labute approximate surface area is 155 Å². The molecule has 138 valence electrons. The van der Waals surface area contributed by atoms with Crippen LogP contribution in [0.3, 0.4) is 0 Å². The number of rotatable bonds is 8. The van der Waals surface area contributed by atoms with Crippen LogP contribution >= 0.6 is 0 Å². The number of nitrogens with one attached hydrogen (secondary N) is 1. The van der Waals surface area contributed by atoms with Crippen LogP contribution < -0.4 is 10.2 Å². The molecule has 0 fully saturated rings. The molecule has 5 nitrogen and oxygen atoms in total. The van der Waals surface area contributed by atoms with Crippen LogP contribution in [0.1, 0.15) is 42.7 Å². The number of hydrogen-bond donors (Lipinski definition) is 1. The van der Waals surface area contributed by atoms with Crippen molar-refractivity contribution in [2.24, 2.45) is 0 Å². The second-order valence-electron chi connectivity index (χ2n) is 6.00. The van der Waals surface area contributed by atoms with Gasteiger partial charge >= 0.3 is 5.97 Å². The van der Waals surface area contributed by atoms with Crippen LogP contribution in [-0.4, -0.2) is 31.6 Å². The van der Waals surface area contributed by atoms with Crippen molar-refractivity contribution in [2.45, 2.75) is 26.8 Å². The van der Waals surface area contributed by atoms with Crippen LogP contribution in [0.4, 0.5) is 5.69 Å². The highest BCUT2D eigenvalue weighted by Gasteiger charge is 2.13. The number of ether oxygens (including phenoxy) is 1. The molecule has 26 heavy (non-hydrogen) atoms. The Kier molecular flexibility index (Phi) is 7.21. The zero-order valence-electron chi connectivity index (χ0n) is 15.6. The molecular weight excluding hydrogens is 328 g/mol. The van der Waals surface area contributed by atoms with E-state index >= 15 is 0 Å². The van der Waals surface area contributed by atoms with Crippen LogP contribution in [0.15, 0.2) is 54.6 Å². The summed E-state index contributed by atoms with van der Waals surface area (Å²) in [4.78, 5) is 26.3. The van der Waals surface area contributed by atoms with Crippen LogP contribution in [-0.2, 0) is 9.53 Å². The maximum Gasteiger partial charge on any atom is 0.338 e. The number of carbonyl (C=O) groups excluding carboxylic acids is 2. The number of esters is 1. The standard InChI is InChI=1S/C21H26N2O3/c1-4-23(5-2)19-13-11-18(12-14-19)21(25)26-15-20(24)22-16(3)17-9-7-6-8-10-17/h6-14,16H,4-5,15H2,1-3H3,(H,22,24)/t16-/m0/s1. The third-order valence-corrected chi connectivity index (χ3v) is 4.24. The highest BCUT2D eigenvalue weighted by Crippen LogP contribution is 2.15. The molecule has 0 aromatic heterocycles. The minimum Gasteiger partial charge on any atom is -0.452 e. The van der Waals surface area contributed by atoms with Crippen molar-refractivity contribution in [3.05, 3.63) is 65.7 Å². The Morgan fingerprint density at radius 1 is 1.00 bits per heavy atom. The van der Waals surface area contributed by atoms with Crippen molar-refractivity contribution < 1.29 is 14.3 Å². The van der Waals surface area contributed by atoms with Crippen LogP contribution in [0.5, 0.6) is 0 Å². The van der Waals surface area contributed by atoms with Gasteiger partial charge in [-0.1, -0.05) is 30.3 Å². The fraction of sp³-hybridized carbons (Fsp3) is 0.333. The van der Waals surface area contributed by atoms with Gasteiger partial charge in [-0.15, -0.1) is 0 Å². The predicted octanol–water partition coefficient (Wildman–Crippen LogP) is 3.57. The summed E-state index contributed by atoms with van der Waals surface area (Å²) in [5.41, 5.74) is 2.49. The van der Waals surface area contributed by atoms with E-state index in [2.05, 4.69) is 24.1 Å². The number of carbonyl (C=O) groups is 2. The van der Waals surface area contributed by atoms with E-state index in [0.29, 0.717) is 5.56 Å². The minimum atomic E-state index is -0.501. The average molecular weight is 354 g/mol. The maximum absolute atomic E-state index is 12.1. The molecule has 0 saturated carbocycles. The van der Waals surface area contributed by atoms with Crippen molar-refractivity contribution in [1.29, 1.82) is 0 Å². The van der Waals surface area contributed by atoms with Crippen molar-refractivity contribution in [1.82, 2.24) is 5.32 Å². The zero-order valence-corrected chi connectivity index (χ0v) is 15.6. The molecule has 0 heterocycles. The Hall–Kier alpha value is -2.82. The molecule has 0 radical (unpaired) electrons. The second kappa shape index (κ2) is 9.61. The number of benzene rings is 2. The fourth-order valence-corrected chi connectivity index (χ4v) is 2.72. The lowest BCUT2D eigenvalue weighted by atomic mass is 10.1. The van der Waals surface area contributed by atoms with E-state index in [1.807, 2.05) is 49.4 Å². The Morgan fingerprint density at radius 2 is 1.62 bits per heavy atom. The molecule has 2 aromatic carbocycles. The fourth-order valence-electron chi connectivity index (χ4n) is 2.72. The number of anilines is 1. The highest BCUT2D eigenvalue weighted by molar-refractivity contribution is 5.91. The predicted molar refractivity (Wildman–Crippen MR) is 103 cm³/mol. The normalized spacial score (nSPS) is 11.5. The Bertz CT molecular complexity index is 710. The third-order valence-electron chi connectivity index (χ3n) is 4.24. The van der Waals surface area contributed by atoms with Crippen molar-refractivity contribution in [3.8, 4) is 0 Å². The summed E-state index contributed by atoms with van der Waals surface area (Å²) in [7, 11) is 0. The molecule has 2 aromatic rings. The molecule has 1 atom stereocenters.